The molecule has 0 N–H and O–H groups in total. The van der Waals surface area contributed by atoms with E-state index in [1.807, 2.05) is 0 Å². The molecule has 1 aromatic carbocycles. The molecule has 0 saturated carbocycles. The highest BCUT2D eigenvalue weighted by Crippen LogP contribution is 2.35. The summed E-state index contributed by atoms with van der Waals surface area (Å²) in [5.41, 5.74) is 5.36. The van der Waals surface area contributed by atoms with Crippen molar-refractivity contribution >= 4 is 5.57 Å². The van der Waals surface area contributed by atoms with E-state index in [0.717, 1.165) is 0 Å². The minimum Gasteiger partial charge on any atom is -0.0947 e. The molecule has 0 amide bonds. The van der Waals surface area contributed by atoms with Gasteiger partial charge in [-0.3, -0.25) is 0 Å². The summed E-state index contributed by atoms with van der Waals surface area (Å²) in [5, 5.41) is 0. The fourth-order valence-corrected chi connectivity index (χ4v) is 1.67. The Morgan fingerprint density at radius 3 is 1.86 bits per heavy atom. The van der Waals surface area contributed by atoms with Crippen LogP contribution in [0.1, 0.15) is 37.5 Å². The van der Waals surface area contributed by atoms with Gasteiger partial charge in [-0.2, -0.15) is 0 Å². The highest BCUT2D eigenvalue weighted by atomic mass is 14.2. The van der Waals surface area contributed by atoms with Crippen molar-refractivity contribution in [3.8, 4) is 0 Å². The Labute approximate surface area is 87.7 Å². The van der Waals surface area contributed by atoms with Crippen molar-refractivity contribution in [1.29, 1.82) is 0 Å². The number of benzene rings is 1. The molecule has 14 heavy (non-hydrogen) atoms. The van der Waals surface area contributed by atoms with Gasteiger partial charge >= 0.3 is 0 Å². The first-order chi connectivity index (χ1) is 6.34. The summed E-state index contributed by atoms with van der Waals surface area (Å²) in [6, 6.07) is 6.41. The van der Waals surface area contributed by atoms with Gasteiger partial charge in [0.2, 0.25) is 0 Å². The topological polar surface area (TPSA) is 0 Å². The van der Waals surface area contributed by atoms with Gasteiger partial charge in [-0.25, -0.2) is 0 Å². The molecule has 0 fully saturated rings. The molecule has 0 radical (unpaired) electrons. The van der Waals surface area contributed by atoms with Crippen LogP contribution < -0.4 is 0 Å². The summed E-state index contributed by atoms with van der Waals surface area (Å²) < 4.78 is 0. The zero-order valence-electron chi connectivity index (χ0n) is 9.94. The third-order valence-corrected chi connectivity index (χ3v) is 2.69. The van der Waals surface area contributed by atoms with Crippen LogP contribution in [0.25, 0.3) is 5.57 Å². The minimum absolute atomic E-state index is 0.150. The lowest BCUT2D eigenvalue weighted by atomic mass is 9.80. The van der Waals surface area contributed by atoms with Crippen molar-refractivity contribution in [2.75, 3.05) is 0 Å². The molecule has 1 rings (SSSR count). The first kappa shape index (κ1) is 11.0. The van der Waals surface area contributed by atoms with Gasteiger partial charge in [-0.05, 0) is 41.5 Å². The van der Waals surface area contributed by atoms with Crippen LogP contribution in [-0.4, -0.2) is 0 Å². The zero-order valence-corrected chi connectivity index (χ0v) is 9.94. The predicted octanol–water partition coefficient (Wildman–Crippen LogP) is 4.36. The first-order valence-corrected chi connectivity index (χ1v) is 5.10. The van der Waals surface area contributed by atoms with Gasteiger partial charge in [0.05, 0.1) is 0 Å². The Kier molecular flexibility index (Phi) is 2.84. The van der Waals surface area contributed by atoms with Crippen LogP contribution in [0.3, 0.4) is 0 Å². The van der Waals surface area contributed by atoms with Crippen molar-refractivity contribution in [2.24, 2.45) is 5.41 Å². The van der Waals surface area contributed by atoms with Crippen molar-refractivity contribution in [3.63, 3.8) is 0 Å². The van der Waals surface area contributed by atoms with Gasteiger partial charge < -0.3 is 0 Å². The molecule has 0 nitrogen and oxygen atoms in total. The van der Waals surface area contributed by atoms with E-state index in [1.54, 1.807) is 0 Å². The van der Waals surface area contributed by atoms with Crippen LogP contribution in [0, 0.1) is 19.3 Å². The van der Waals surface area contributed by atoms with Crippen LogP contribution in [0.15, 0.2) is 24.8 Å². The summed E-state index contributed by atoms with van der Waals surface area (Å²) in [5.74, 6) is 0. The smallest absolute Gasteiger partial charge is 0.0132 e. The number of hydrogen-bond acceptors (Lipinski definition) is 0. The number of allylic oxidation sites excluding steroid dienone is 1. The van der Waals surface area contributed by atoms with Crippen LogP contribution in [0.5, 0.6) is 0 Å². The molecule has 0 aliphatic heterocycles. The average Bonchev–Trinajstić information content (AvgIpc) is 2.01. The molecule has 1 aromatic rings. The van der Waals surface area contributed by atoms with Gasteiger partial charge in [-0.15, -0.1) is 0 Å². The van der Waals surface area contributed by atoms with E-state index in [1.165, 1.54) is 22.3 Å². The second-order valence-electron chi connectivity index (χ2n) is 5.00. The van der Waals surface area contributed by atoms with Gasteiger partial charge in [0.1, 0.15) is 0 Å². The Morgan fingerprint density at radius 1 is 1.07 bits per heavy atom. The van der Waals surface area contributed by atoms with Crippen LogP contribution in [-0.2, 0) is 0 Å². The lowest BCUT2D eigenvalue weighted by Crippen LogP contribution is -2.09. The molecule has 0 unspecified atom stereocenters. The summed E-state index contributed by atoms with van der Waals surface area (Å²) >= 11 is 0. The highest BCUT2D eigenvalue weighted by Gasteiger charge is 2.19. The number of rotatable bonds is 1. The molecule has 76 valence electrons. The highest BCUT2D eigenvalue weighted by molar-refractivity contribution is 5.72. The van der Waals surface area contributed by atoms with E-state index in [2.05, 4.69) is 59.4 Å². The molecule has 0 atom stereocenters. The third-order valence-electron chi connectivity index (χ3n) is 2.69. The van der Waals surface area contributed by atoms with Crippen LogP contribution in [0.4, 0.5) is 0 Å². The predicted molar refractivity (Wildman–Crippen MR) is 64.4 cm³/mol. The number of hydrogen-bond donors (Lipinski definition) is 0. The molecule has 0 bridgehead atoms. The second-order valence-corrected chi connectivity index (χ2v) is 5.00. The average molecular weight is 188 g/mol. The van der Waals surface area contributed by atoms with E-state index in [0.29, 0.717) is 0 Å². The Hall–Kier alpha value is -1.04. The summed E-state index contributed by atoms with van der Waals surface area (Å²) in [4.78, 5) is 0. The van der Waals surface area contributed by atoms with E-state index >= 15 is 0 Å². The Balaban J connectivity index is 3.26. The SMILES string of the molecule is C=C(c1c(C)cccc1C)C(C)(C)C. The monoisotopic (exact) mass is 188 g/mol. The van der Waals surface area contributed by atoms with Crippen molar-refractivity contribution in [1.82, 2.24) is 0 Å². The standard InChI is InChI=1S/C14H20/c1-10-8-7-9-11(2)13(10)12(3)14(4,5)6/h7-9H,3H2,1-2,4-6H3. The molecule has 0 saturated heterocycles. The summed E-state index contributed by atoms with van der Waals surface area (Å²) in [6.07, 6.45) is 0. The molecule has 0 aliphatic carbocycles. The molecular weight excluding hydrogens is 168 g/mol. The molecule has 0 heteroatoms. The first-order valence-electron chi connectivity index (χ1n) is 5.10. The van der Waals surface area contributed by atoms with Crippen LogP contribution in [0.2, 0.25) is 0 Å². The molecule has 0 aliphatic rings. The third kappa shape index (κ3) is 2.06. The van der Waals surface area contributed by atoms with Crippen LogP contribution >= 0.6 is 0 Å². The quantitative estimate of drug-likeness (QED) is 0.614. The van der Waals surface area contributed by atoms with E-state index in [9.17, 15) is 0 Å². The maximum Gasteiger partial charge on any atom is -0.0132 e. The van der Waals surface area contributed by atoms with E-state index < -0.39 is 0 Å². The van der Waals surface area contributed by atoms with Crippen molar-refractivity contribution < 1.29 is 0 Å². The van der Waals surface area contributed by atoms with Gasteiger partial charge in [0, 0.05) is 0 Å². The molecule has 0 aromatic heterocycles. The van der Waals surface area contributed by atoms with E-state index in [4.69, 9.17) is 0 Å². The minimum atomic E-state index is 0.150. The van der Waals surface area contributed by atoms with Crippen molar-refractivity contribution in [3.05, 3.63) is 41.5 Å². The zero-order chi connectivity index (χ0) is 10.9. The normalized spacial score (nSPS) is 11.5. The Bertz CT molecular complexity index is 331. The Morgan fingerprint density at radius 2 is 1.50 bits per heavy atom. The van der Waals surface area contributed by atoms with Gasteiger partial charge in [0.25, 0.3) is 0 Å². The van der Waals surface area contributed by atoms with Crippen molar-refractivity contribution in [2.45, 2.75) is 34.6 Å². The maximum atomic E-state index is 4.22. The summed E-state index contributed by atoms with van der Waals surface area (Å²) in [7, 11) is 0. The fraction of sp³-hybridized carbons (Fsp3) is 0.429. The molecular formula is C14H20. The largest absolute Gasteiger partial charge is 0.0947 e. The molecule has 0 spiro atoms. The van der Waals surface area contributed by atoms with Gasteiger partial charge in [-0.1, -0.05) is 45.5 Å². The second kappa shape index (κ2) is 3.61. The fourth-order valence-electron chi connectivity index (χ4n) is 1.67. The lowest BCUT2D eigenvalue weighted by molar-refractivity contribution is 0.567. The summed E-state index contributed by atoms with van der Waals surface area (Å²) in [6.45, 7) is 15.2. The van der Waals surface area contributed by atoms with Gasteiger partial charge in [0.15, 0.2) is 0 Å². The maximum absolute atomic E-state index is 4.22. The van der Waals surface area contributed by atoms with E-state index in [-0.39, 0.29) is 5.41 Å². The number of aryl methyl sites for hydroxylation is 2. The lowest BCUT2D eigenvalue weighted by Gasteiger charge is -2.25. The molecule has 0 heterocycles.